The fourth-order valence-electron chi connectivity index (χ4n) is 2.75. The molecule has 0 spiro atoms. The molecule has 0 aliphatic rings. The summed E-state index contributed by atoms with van der Waals surface area (Å²) in [6.07, 6.45) is 0. The number of rotatable bonds is 5. The molecular formula is C19H16N2O4. The lowest BCUT2D eigenvalue weighted by Gasteiger charge is -2.03. The number of hydrogen-bond donors (Lipinski definition) is 1. The average Bonchev–Trinajstić information content (AvgIpc) is 3.21. The standard InChI is InChI=1S/C19H16N2O4/c1-2-23-18(22)17-13(12-7-3-5-9-15(12)24-17)11-20-19-21-14-8-4-6-10-16(14)25-19/h3-10H,2,11H2,1H3,(H,20,21). The third-order valence-corrected chi connectivity index (χ3v) is 3.87. The minimum absolute atomic E-state index is 0.201. The van der Waals surface area contributed by atoms with Crippen molar-refractivity contribution in [2.45, 2.75) is 13.5 Å². The Morgan fingerprint density at radius 3 is 2.64 bits per heavy atom. The molecule has 2 aromatic heterocycles. The zero-order chi connectivity index (χ0) is 17.2. The summed E-state index contributed by atoms with van der Waals surface area (Å²) in [6, 6.07) is 15.4. The number of esters is 1. The number of hydrogen-bond acceptors (Lipinski definition) is 6. The van der Waals surface area contributed by atoms with Gasteiger partial charge in [0.25, 0.3) is 6.01 Å². The van der Waals surface area contributed by atoms with Crippen LogP contribution >= 0.6 is 0 Å². The molecule has 4 rings (SSSR count). The van der Waals surface area contributed by atoms with Crippen molar-refractivity contribution in [1.29, 1.82) is 0 Å². The van der Waals surface area contributed by atoms with Gasteiger partial charge in [0.15, 0.2) is 5.58 Å². The van der Waals surface area contributed by atoms with E-state index >= 15 is 0 Å². The molecule has 0 aliphatic heterocycles. The van der Waals surface area contributed by atoms with Crippen LogP contribution in [0.4, 0.5) is 6.01 Å². The number of ether oxygens (including phenoxy) is 1. The van der Waals surface area contributed by atoms with Crippen molar-refractivity contribution in [3.8, 4) is 0 Å². The minimum atomic E-state index is -0.479. The molecule has 0 saturated heterocycles. The van der Waals surface area contributed by atoms with Gasteiger partial charge in [0.1, 0.15) is 11.1 Å². The predicted octanol–water partition coefficient (Wildman–Crippen LogP) is 4.36. The first-order valence-electron chi connectivity index (χ1n) is 8.03. The van der Waals surface area contributed by atoms with Crippen molar-refractivity contribution in [2.24, 2.45) is 0 Å². The van der Waals surface area contributed by atoms with E-state index < -0.39 is 5.97 Å². The topological polar surface area (TPSA) is 77.5 Å². The third kappa shape index (κ3) is 2.82. The molecular weight excluding hydrogens is 320 g/mol. The maximum Gasteiger partial charge on any atom is 0.374 e. The fourth-order valence-corrected chi connectivity index (χ4v) is 2.75. The Bertz CT molecular complexity index is 1010. The molecule has 1 N–H and O–H groups in total. The SMILES string of the molecule is CCOC(=O)c1oc2ccccc2c1CNc1nc2ccccc2o1. The molecule has 6 nitrogen and oxygen atoms in total. The van der Waals surface area contributed by atoms with Gasteiger partial charge in [0.2, 0.25) is 5.76 Å². The maximum atomic E-state index is 12.2. The van der Waals surface area contributed by atoms with Gasteiger partial charge in [-0.25, -0.2) is 4.79 Å². The summed E-state index contributed by atoms with van der Waals surface area (Å²) in [5, 5.41) is 3.98. The van der Waals surface area contributed by atoms with Crippen molar-refractivity contribution < 1.29 is 18.4 Å². The lowest BCUT2D eigenvalue weighted by molar-refractivity contribution is 0.0491. The van der Waals surface area contributed by atoms with Gasteiger partial charge in [-0.05, 0) is 25.1 Å². The van der Waals surface area contributed by atoms with Gasteiger partial charge in [-0.1, -0.05) is 30.3 Å². The number of anilines is 1. The molecule has 0 amide bonds. The smallest absolute Gasteiger partial charge is 0.374 e. The van der Waals surface area contributed by atoms with E-state index in [0.717, 1.165) is 16.5 Å². The van der Waals surface area contributed by atoms with Gasteiger partial charge < -0.3 is 18.9 Å². The summed E-state index contributed by atoms with van der Waals surface area (Å²) in [4.78, 5) is 16.6. The van der Waals surface area contributed by atoms with Gasteiger partial charge in [0, 0.05) is 17.5 Å². The summed E-state index contributed by atoms with van der Waals surface area (Å²) in [5.74, 6) is -0.278. The Morgan fingerprint density at radius 1 is 1.08 bits per heavy atom. The Balaban J connectivity index is 1.67. The summed E-state index contributed by atoms with van der Waals surface area (Å²) in [5.41, 5.74) is 2.83. The zero-order valence-electron chi connectivity index (χ0n) is 13.6. The molecule has 6 heteroatoms. The number of furan rings is 1. The first-order chi connectivity index (χ1) is 12.3. The van der Waals surface area contributed by atoms with Crippen molar-refractivity contribution >= 4 is 34.1 Å². The van der Waals surface area contributed by atoms with E-state index in [4.69, 9.17) is 13.6 Å². The highest BCUT2D eigenvalue weighted by molar-refractivity contribution is 5.96. The van der Waals surface area contributed by atoms with Crippen LogP contribution in [0.1, 0.15) is 23.0 Å². The van der Waals surface area contributed by atoms with Crippen LogP contribution in [0, 0.1) is 0 Å². The van der Waals surface area contributed by atoms with Crippen LogP contribution in [0.3, 0.4) is 0 Å². The molecule has 0 bridgehead atoms. The summed E-state index contributed by atoms with van der Waals surface area (Å²) in [7, 11) is 0. The van der Waals surface area contributed by atoms with E-state index in [1.807, 2.05) is 48.5 Å². The lowest BCUT2D eigenvalue weighted by atomic mass is 10.1. The van der Waals surface area contributed by atoms with Crippen LogP contribution in [0.25, 0.3) is 22.1 Å². The molecule has 0 saturated carbocycles. The number of para-hydroxylation sites is 3. The van der Waals surface area contributed by atoms with Crippen LogP contribution in [-0.2, 0) is 11.3 Å². The highest BCUT2D eigenvalue weighted by atomic mass is 16.5. The normalized spacial score (nSPS) is 11.1. The monoisotopic (exact) mass is 336 g/mol. The third-order valence-electron chi connectivity index (χ3n) is 3.87. The van der Waals surface area contributed by atoms with Crippen molar-refractivity contribution in [1.82, 2.24) is 4.98 Å². The fraction of sp³-hybridized carbons (Fsp3) is 0.158. The van der Waals surface area contributed by atoms with E-state index in [9.17, 15) is 4.79 Å². The van der Waals surface area contributed by atoms with E-state index in [1.165, 1.54) is 0 Å². The minimum Gasteiger partial charge on any atom is -0.460 e. The second-order valence-corrected chi connectivity index (χ2v) is 5.47. The molecule has 126 valence electrons. The van der Waals surface area contributed by atoms with Crippen LogP contribution in [0.15, 0.2) is 57.4 Å². The number of fused-ring (bicyclic) bond motifs is 2. The number of carbonyl (C=O) groups excluding carboxylic acids is 1. The largest absolute Gasteiger partial charge is 0.460 e. The Kier molecular flexibility index (Phi) is 3.85. The maximum absolute atomic E-state index is 12.2. The van der Waals surface area contributed by atoms with Crippen molar-refractivity contribution in [3.05, 3.63) is 59.9 Å². The molecule has 25 heavy (non-hydrogen) atoms. The second kappa shape index (κ2) is 6.32. The molecule has 4 aromatic rings. The highest BCUT2D eigenvalue weighted by Crippen LogP contribution is 2.28. The number of nitrogens with one attached hydrogen (secondary N) is 1. The molecule has 0 aliphatic carbocycles. The Morgan fingerprint density at radius 2 is 1.84 bits per heavy atom. The predicted molar refractivity (Wildman–Crippen MR) is 93.5 cm³/mol. The van der Waals surface area contributed by atoms with Crippen LogP contribution in [0.2, 0.25) is 0 Å². The second-order valence-electron chi connectivity index (χ2n) is 5.47. The van der Waals surface area contributed by atoms with Crippen LogP contribution < -0.4 is 5.32 Å². The molecule has 0 unspecified atom stereocenters. The number of aromatic nitrogens is 1. The van der Waals surface area contributed by atoms with E-state index in [-0.39, 0.29) is 12.4 Å². The van der Waals surface area contributed by atoms with Gasteiger partial charge in [-0.15, -0.1) is 0 Å². The first-order valence-corrected chi connectivity index (χ1v) is 8.03. The number of benzene rings is 2. The lowest BCUT2D eigenvalue weighted by Crippen LogP contribution is -2.09. The first kappa shape index (κ1) is 15.3. The van der Waals surface area contributed by atoms with E-state index in [1.54, 1.807) is 6.92 Å². The quantitative estimate of drug-likeness (QED) is 0.546. The summed E-state index contributed by atoms with van der Waals surface area (Å²) in [6.45, 7) is 2.38. The number of carbonyl (C=O) groups is 1. The molecule has 2 aromatic carbocycles. The van der Waals surface area contributed by atoms with Gasteiger partial charge in [-0.2, -0.15) is 4.98 Å². The molecule has 0 atom stereocenters. The Labute approximate surface area is 143 Å². The highest BCUT2D eigenvalue weighted by Gasteiger charge is 2.21. The Hall–Kier alpha value is -3.28. The molecule has 0 radical (unpaired) electrons. The summed E-state index contributed by atoms with van der Waals surface area (Å²) < 4.78 is 16.5. The molecule has 2 heterocycles. The van der Waals surface area contributed by atoms with E-state index in [0.29, 0.717) is 23.7 Å². The number of nitrogens with zero attached hydrogens (tertiary/aromatic N) is 1. The zero-order valence-corrected chi connectivity index (χ0v) is 13.6. The average molecular weight is 336 g/mol. The molecule has 0 fully saturated rings. The van der Waals surface area contributed by atoms with E-state index in [2.05, 4.69) is 10.3 Å². The van der Waals surface area contributed by atoms with Gasteiger partial charge in [0.05, 0.1) is 6.61 Å². The van der Waals surface area contributed by atoms with Crippen molar-refractivity contribution in [3.63, 3.8) is 0 Å². The number of oxazole rings is 1. The van der Waals surface area contributed by atoms with Gasteiger partial charge in [-0.3, -0.25) is 0 Å². The van der Waals surface area contributed by atoms with Crippen LogP contribution in [-0.4, -0.2) is 17.6 Å². The van der Waals surface area contributed by atoms with Gasteiger partial charge >= 0.3 is 5.97 Å². The summed E-state index contributed by atoms with van der Waals surface area (Å²) >= 11 is 0. The van der Waals surface area contributed by atoms with Crippen molar-refractivity contribution in [2.75, 3.05) is 11.9 Å². The van der Waals surface area contributed by atoms with Crippen LogP contribution in [0.5, 0.6) is 0 Å².